The van der Waals surface area contributed by atoms with Gasteiger partial charge in [-0.25, -0.2) is 0 Å². The summed E-state index contributed by atoms with van der Waals surface area (Å²) in [4.78, 5) is 12.6. The molecule has 1 atom stereocenters. The van der Waals surface area contributed by atoms with Crippen LogP contribution in [0.5, 0.6) is 0 Å². The first-order chi connectivity index (χ1) is 14.1. The summed E-state index contributed by atoms with van der Waals surface area (Å²) in [5, 5.41) is 7.64. The topological polar surface area (TPSA) is 46.1 Å². The van der Waals surface area contributed by atoms with Crippen LogP contribution in [-0.2, 0) is 6.54 Å². The van der Waals surface area contributed by atoms with E-state index in [0.29, 0.717) is 18.4 Å². The van der Waals surface area contributed by atoms with Gasteiger partial charge in [-0.3, -0.25) is 4.79 Å². The van der Waals surface area contributed by atoms with E-state index in [1.54, 1.807) is 0 Å². The molecule has 29 heavy (non-hydrogen) atoms. The maximum atomic E-state index is 12.6. The first kappa shape index (κ1) is 21.1. The summed E-state index contributed by atoms with van der Waals surface area (Å²) in [5.41, 5.74) is 3.26. The Kier molecular flexibility index (Phi) is 7.48. The molecule has 1 unspecified atom stereocenters. The molecule has 4 heteroatoms. The van der Waals surface area contributed by atoms with Gasteiger partial charge in [0.15, 0.2) is 0 Å². The van der Waals surface area contributed by atoms with Crippen molar-refractivity contribution >= 4 is 16.8 Å². The van der Waals surface area contributed by atoms with Crippen molar-refractivity contribution in [2.45, 2.75) is 39.7 Å². The molecule has 0 aliphatic rings. The van der Waals surface area contributed by atoms with E-state index in [4.69, 9.17) is 0 Å². The van der Waals surface area contributed by atoms with Crippen LogP contribution >= 0.6 is 0 Å². The van der Waals surface area contributed by atoms with Gasteiger partial charge >= 0.3 is 0 Å². The molecule has 154 valence electrons. The highest BCUT2D eigenvalue weighted by atomic mass is 16.1. The molecule has 1 heterocycles. The van der Waals surface area contributed by atoms with E-state index >= 15 is 0 Å². The number of hydrogen-bond acceptors (Lipinski definition) is 2. The molecule has 1 aromatic heterocycles. The highest BCUT2D eigenvalue weighted by Gasteiger charge is 2.14. The van der Waals surface area contributed by atoms with E-state index in [1.807, 2.05) is 24.4 Å². The quantitative estimate of drug-likeness (QED) is 0.487. The van der Waals surface area contributed by atoms with Crippen LogP contribution in [0.15, 0.2) is 60.8 Å². The Balaban J connectivity index is 1.55. The summed E-state index contributed by atoms with van der Waals surface area (Å²) in [6, 6.07) is 18.8. The fourth-order valence-corrected chi connectivity index (χ4v) is 3.60. The second kappa shape index (κ2) is 10.3. The predicted molar refractivity (Wildman–Crippen MR) is 121 cm³/mol. The lowest BCUT2D eigenvalue weighted by molar-refractivity contribution is 0.0950. The fraction of sp³-hybridized carbons (Fsp3) is 0.400. The lowest BCUT2D eigenvalue weighted by Crippen LogP contribution is -2.27. The molecule has 0 saturated heterocycles. The molecule has 3 aromatic rings. The van der Waals surface area contributed by atoms with Crippen molar-refractivity contribution in [3.05, 3.63) is 71.9 Å². The Morgan fingerprint density at radius 1 is 0.966 bits per heavy atom. The Hall–Kier alpha value is -2.59. The number of nitrogens with zero attached hydrogens (tertiary/aromatic N) is 1. The van der Waals surface area contributed by atoms with Crippen LogP contribution in [0.4, 0.5) is 0 Å². The summed E-state index contributed by atoms with van der Waals surface area (Å²) in [5.74, 6) is 0.958. The molecule has 4 nitrogen and oxygen atoms in total. The zero-order valence-electron chi connectivity index (χ0n) is 17.8. The van der Waals surface area contributed by atoms with E-state index in [0.717, 1.165) is 42.5 Å². The zero-order valence-corrected chi connectivity index (χ0v) is 17.8. The van der Waals surface area contributed by atoms with Crippen molar-refractivity contribution in [3.8, 4) is 0 Å². The van der Waals surface area contributed by atoms with E-state index in [-0.39, 0.29) is 5.91 Å². The second-order valence-electron chi connectivity index (χ2n) is 8.23. The van der Waals surface area contributed by atoms with Crippen LogP contribution in [0.25, 0.3) is 10.9 Å². The lowest BCUT2D eigenvalue weighted by atomic mass is 10.0. The summed E-state index contributed by atoms with van der Waals surface area (Å²) < 4.78 is 2.21. The SMILES string of the molecule is CC(C)CNC(=O)c1cn(CCCNCC(C)c2ccccc2)c2ccccc12. The maximum Gasteiger partial charge on any atom is 0.253 e. The zero-order chi connectivity index (χ0) is 20.6. The second-order valence-corrected chi connectivity index (χ2v) is 8.23. The smallest absolute Gasteiger partial charge is 0.253 e. The van der Waals surface area contributed by atoms with Gasteiger partial charge in [-0.15, -0.1) is 0 Å². The molecule has 0 aliphatic heterocycles. The van der Waals surface area contributed by atoms with E-state index in [9.17, 15) is 4.79 Å². The molecule has 0 saturated carbocycles. The third-order valence-corrected chi connectivity index (χ3v) is 5.28. The Morgan fingerprint density at radius 3 is 2.45 bits per heavy atom. The van der Waals surface area contributed by atoms with Gasteiger partial charge in [0.2, 0.25) is 0 Å². The summed E-state index contributed by atoms with van der Waals surface area (Å²) in [6.45, 7) is 9.98. The fourth-order valence-electron chi connectivity index (χ4n) is 3.60. The molecule has 0 radical (unpaired) electrons. The minimum Gasteiger partial charge on any atom is -0.352 e. The van der Waals surface area contributed by atoms with Crippen LogP contribution < -0.4 is 10.6 Å². The molecular weight excluding hydrogens is 358 g/mol. The third-order valence-electron chi connectivity index (χ3n) is 5.28. The lowest BCUT2D eigenvalue weighted by Gasteiger charge is -2.13. The van der Waals surface area contributed by atoms with Crippen molar-refractivity contribution in [1.29, 1.82) is 0 Å². The Morgan fingerprint density at radius 2 is 1.69 bits per heavy atom. The molecule has 0 aliphatic carbocycles. The number of fused-ring (bicyclic) bond motifs is 1. The Bertz CT molecular complexity index is 914. The van der Waals surface area contributed by atoms with E-state index < -0.39 is 0 Å². The third kappa shape index (κ3) is 5.70. The van der Waals surface area contributed by atoms with Crippen LogP contribution in [-0.4, -0.2) is 30.1 Å². The van der Waals surface area contributed by atoms with E-state index in [1.165, 1.54) is 5.56 Å². The van der Waals surface area contributed by atoms with Crippen molar-refractivity contribution in [2.24, 2.45) is 5.92 Å². The number of hydrogen-bond donors (Lipinski definition) is 2. The van der Waals surface area contributed by atoms with Gasteiger partial charge in [-0.2, -0.15) is 0 Å². The van der Waals surface area contributed by atoms with E-state index in [2.05, 4.69) is 72.4 Å². The standard InChI is InChI=1S/C25H33N3O/c1-19(2)16-27-25(29)23-18-28(24-13-8-7-12-22(23)24)15-9-14-26-17-20(3)21-10-5-4-6-11-21/h4-8,10-13,18-20,26H,9,14-17H2,1-3H3,(H,27,29). The number of carbonyl (C=O) groups excluding carboxylic acids is 1. The largest absolute Gasteiger partial charge is 0.352 e. The molecule has 1 amide bonds. The molecule has 0 fully saturated rings. The predicted octanol–water partition coefficient (Wildman–Crippen LogP) is 4.81. The number of para-hydroxylation sites is 1. The average Bonchev–Trinajstić information content (AvgIpc) is 3.11. The van der Waals surface area contributed by atoms with Crippen LogP contribution in [0.3, 0.4) is 0 Å². The normalized spacial score (nSPS) is 12.4. The number of aryl methyl sites for hydroxylation is 1. The monoisotopic (exact) mass is 391 g/mol. The molecule has 2 N–H and O–H groups in total. The number of benzene rings is 2. The van der Waals surface area contributed by atoms with Gasteiger partial charge in [0.25, 0.3) is 5.91 Å². The van der Waals surface area contributed by atoms with Gasteiger partial charge in [-0.05, 0) is 36.4 Å². The Labute approximate surface area is 174 Å². The van der Waals surface area contributed by atoms with Gasteiger partial charge in [0.1, 0.15) is 0 Å². The number of rotatable bonds is 10. The summed E-state index contributed by atoms with van der Waals surface area (Å²) >= 11 is 0. The van der Waals surface area contributed by atoms with Crippen molar-refractivity contribution in [1.82, 2.24) is 15.2 Å². The van der Waals surface area contributed by atoms with Gasteiger partial charge in [0.05, 0.1) is 5.56 Å². The first-order valence-electron chi connectivity index (χ1n) is 10.7. The number of nitrogens with one attached hydrogen (secondary N) is 2. The van der Waals surface area contributed by atoms with Crippen molar-refractivity contribution in [2.75, 3.05) is 19.6 Å². The van der Waals surface area contributed by atoms with Gasteiger partial charge < -0.3 is 15.2 Å². The van der Waals surface area contributed by atoms with Crippen molar-refractivity contribution in [3.63, 3.8) is 0 Å². The van der Waals surface area contributed by atoms with Crippen LogP contribution in [0.2, 0.25) is 0 Å². The van der Waals surface area contributed by atoms with Crippen LogP contribution in [0, 0.1) is 5.92 Å². The molecule has 3 rings (SSSR count). The molecular formula is C25H33N3O. The number of aromatic nitrogens is 1. The maximum absolute atomic E-state index is 12.6. The number of amides is 1. The minimum absolute atomic E-state index is 0.0171. The van der Waals surface area contributed by atoms with Crippen molar-refractivity contribution < 1.29 is 4.79 Å². The highest BCUT2D eigenvalue weighted by molar-refractivity contribution is 6.07. The van der Waals surface area contributed by atoms with Gasteiger partial charge in [0, 0.05) is 36.7 Å². The van der Waals surface area contributed by atoms with Gasteiger partial charge in [-0.1, -0.05) is 69.3 Å². The first-order valence-corrected chi connectivity index (χ1v) is 10.7. The molecule has 2 aromatic carbocycles. The summed E-state index contributed by atoms with van der Waals surface area (Å²) in [6.07, 6.45) is 3.03. The summed E-state index contributed by atoms with van der Waals surface area (Å²) in [7, 11) is 0. The average molecular weight is 392 g/mol. The molecule has 0 bridgehead atoms. The minimum atomic E-state index is 0.0171. The number of carbonyl (C=O) groups is 1. The molecule has 0 spiro atoms. The van der Waals surface area contributed by atoms with Crippen LogP contribution in [0.1, 0.15) is 49.0 Å². The highest BCUT2D eigenvalue weighted by Crippen LogP contribution is 2.22.